The van der Waals surface area contributed by atoms with E-state index in [1.807, 2.05) is 12.1 Å². The molecule has 0 amide bonds. The number of halogens is 1. The Hall–Kier alpha value is -3.21. The van der Waals surface area contributed by atoms with Gasteiger partial charge in [0, 0.05) is 21.3 Å². The van der Waals surface area contributed by atoms with E-state index >= 15 is 0 Å². The van der Waals surface area contributed by atoms with E-state index in [0.717, 1.165) is 33.9 Å². The lowest BCUT2D eigenvalue weighted by atomic mass is 9.74. The van der Waals surface area contributed by atoms with Crippen LogP contribution < -0.4 is 4.74 Å². The molecule has 0 spiro atoms. The van der Waals surface area contributed by atoms with Gasteiger partial charge in [0.25, 0.3) is 0 Å². The molecule has 0 N–H and O–H groups in total. The third-order valence-corrected chi connectivity index (χ3v) is 7.46. The summed E-state index contributed by atoms with van der Waals surface area (Å²) in [5.41, 5.74) is 4.68. The number of hydrogen-bond donors (Lipinski definition) is 0. The maximum atomic E-state index is 5.95. The smallest absolute Gasteiger partial charge is 0.217 e. The van der Waals surface area contributed by atoms with Crippen molar-refractivity contribution in [1.82, 2.24) is 9.88 Å². The summed E-state index contributed by atoms with van der Waals surface area (Å²) in [5.74, 6) is 0.984. The first-order valence-electron chi connectivity index (χ1n) is 12.4. The van der Waals surface area contributed by atoms with Gasteiger partial charge >= 0.3 is 0 Å². The van der Waals surface area contributed by atoms with Crippen molar-refractivity contribution < 1.29 is 4.74 Å². The Morgan fingerprint density at radius 3 is 2.33 bits per heavy atom. The van der Waals surface area contributed by atoms with Gasteiger partial charge in [0.2, 0.25) is 5.88 Å². The fraction of sp³-hybridized carbons (Fsp3) is 0.219. The quantitative estimate of drug-likeness (QED) is 0.200. The highest BCUT2D eigenvalue weighted by atomic mass is 79.9. The molecule has 0 fully saturated rings. The number of aromatic nitrogens is 1. The third-order valence-electron chi connectivity index (χ3n) is 6.97. The second-order valence-electron chi connectivity index (χ2n) is 9.58. The molecule has 1 heterocycles. The van der Waals surface area contributed by atoms with Crippen molar-refractivity contribution in [3.8, 4) is 5.88 Å². The highest BCUT2D eigenvalue weighted by Crippen LogP contribution is 2.46. The molecular formula is C32H31BrN2O. The molecule has 36 heavy (non-hydrogen) atoms. The molecule has 0 aliphatic heterocycles. The third kappa shape index (κ3) is 5.02. The van der Waals surface area contributed by atoms with Gasteiger partial charge in [-0.05, 0) is 79.1 Å². The molecule has 5 aromatic rings. The number of ether oxygens (including phenoxy) is 1. The molecule has 0 saturated carbocycles. The molecule has 0 aliphatic carbocycles. The normalized spacial score (nSPS) is 13.2. The molecular weight excluding hydrogens is 508 g/mol. The highest BCUT2D eigenvalue weighted by Gasteiger charge is 2.31. The Balaban J connectivity index is 1.78. The van der Waals surface area contributed by atoms with Crippen molar-refractivity contribution >= 4 is 37.6 Å². The van der Waals surface area contributed by atoms with Crippen LogP contribution in [-0.2, 0) is 0 Å². The first kappa shape index (κ1) is 24.5. The Bertz CT molecular complexity index is 1480. The number of benzene rings is 4. The van der Waals surface area contributed by atoms with E-state index in [9.17, 15) is 0 Å². The van der Waals surface area contributed by atoms with Crippen LogP contribution in [0.25, 0.3) is 21.7 Å². The molecule has 4 heteroatoms. The first-order valence-corrected chi connectivity index (χ1v) is 13.2. The number of nitrogens with zero attached hydrogens (tertiary/aromatic N) is 2. The van der Waals surface area contributed by atoms with Gasteiger partial charge in [-0.2, -0.15) is 0 Å². The van der Waals surface area contributed by atoms with Gasteiger partial charge in [-0.25, -0.2) is 4.98 Å². The Morgan fingerprint density at radius 1 is 0.806 bits per heavy atom. The van der Waals surface area contributed by atoms with Crippen LogP contribution in [0.4, 0.5) is 0 Å². The van der Waals surface area contributed by atoms with Crippen LogP contribution in [-0.4, -0.2) is 37.6 Å². The summed E-state index contributed by atoms with van der Waals surface area (Å²) in [5, 5.41) is 3.68. The van der Waals surface area contributed by atoms with E-state index in [2.05, 4.69) is 120 Å². The maximum absolute atomic E-state index is 5.95. The molecule has 2 unspecified atom stereocenters. The standard InChI is InChI=1S/C32H31BrN2O/c1-35(2)19-18-28(27-15-9-13-22-10-7-8-14-26(22)27)31(23-11-5-4-6-12-23)29-21-24-20-25(33)16-17-30(24)34-32(29)36-3/h4-17,20-21,28,31H,18-19H2,1-3H3. The zero-order valence-electron chi connectivity index (χ0n) is 21.0. The summed E-state index contributed by atoms with van der Waals surface area (Å²) in [6.07, 6.45) is 1.00. The molecule has 1 aromatic heterocycles. The average molecular weight is 540 g/mol. The number of methoxy groups -OCH3 is 1. The number of hydrogen-bond acceptors (Lipinski definition) is 3. The fourth-order valence-corrected chi connectivity index (χ4v) is 5.67. The van der Waals surface area contributed by atoms with Crippen molar-refractivity contribution in [2.75, 3.05) is 27.7 Å². The van der Waals surface area contributed by atoms with Gasteiger partial charge in [0.15, 0.2) is 0 Å². The number of fused-ring (bicyclic) bond motifs is 2. The van der Waals surface area contributed by atoms with Crippen molar-refractivity contribution in [2.24, 2.45) is 0 Å². The van der Waals surface area contributed by atoms with E-state index in [-0.39, 0.29) is 11.8 Å². The second-order valence-corrected chi connectivity index (χ2v) is 10.5. The van der Waals surface area contributed by atoms with Crippen LogP contribution in [0.3, 0.4) is 0 Å². The van der Waals surface area contributed by atoms with E-state index in [4.69, 9.17) is 9.72 Å². The zero-order valence-corrected chi connectivity index (χ0v) is 22.6. The average Bonchev–Trinajstić information content (AvgIpc) is 2.90. The van der Waals surface area contributed by atoms with Crippen molar-refractivity contribution in [3.05, 3.63) is 118 Å². The van der Waals surface area contributed by atoms with Crippen molar-refractivity contribution in [1.29, 1.82) is 0 Å². The fourth-order valence-electron chi connectivity index (χ4n) is 5.29. The molecule has 0 saturated heterocycles. The summed E-state index contributed by atoms with van der Waals surface area (Å²) >= 11 is 3.64. The maximum Gasteiger partial charge on any atom is 0.217 e. The predicted molar refractivity (Wildman–Crippen MR) is 154 cm³/mol. The molecule has 5 rings (SSSR count). The Labute approximate surface area is 221 Å². The summed E-state index contributed by atoms with van der Waals surface area (Å²) in [6.45, 7) is 0.978. The summed E-state index contributed by atoms with van der Waals surface area (Å²) in [6, 6.07) is 34.7. The lowest BCUT2D eigenvalue weighted by Crippen LogP contribution is -2.21. The lowest BCUT2D eigenvalue weighted by molar-refractivity contribution is 0.363. The SMILES string of the molecule is COc1nc2ccc(Br)cc2cc1C(c1ccccc1)C(CCN(C)C)c1cccc2ccccc12. The minimum atomic E-state index is 0.0720. The van der Waals surface area contributed by atoms with Crippen molar-refractivity contribution in [2.45, 2.75) is 18.3 Å². The monoisotopic (exact) mass is 538 g/mol. The van der Waals surface area contributed by atoms with Crippen LogP contribution in [0.15, 0.2) is 102 Å². The minimum absolute atomic E-state index is 0.0720. The highest BCUT2D eigenvalue weighted by molar-refractivity contribution is 9.10. The molecule has 182 valence electrons. The van der Waals surface area contributed by atoms with Gasteiger partial charge in [-0.15, -0.1) is 0 Å². The first-order chi connectivity index (χ1) is 17.5. The van der Waals surface area contributed by atoms with Crippen LogP contribution in [0, 0.1) is 0 Å². The van der Waals surface area contributed by atoms with Gasteiger partial charge in [-0.1, -0.05) is 88.7 Å². The number of rotatable bonds is 8. The molecule has 3 nitrogen and oxygen atoms in total. The van der Waals surface area contributed by atoms with Crippen LogP contribution >= 0.6 is 15.9 Å². The molecule has 0 bridgehead atoms. The number of pyridine rings is 1. The second kappa shape index (κ2) is 10.8. The van der Waals surface area contributed by atoms with E-state index in [1.54, 1.807) is 7.11 Å². The Morgan fingerprint density at radius 2 is 1.56 bits per heavy atom. The predicted octanol–water partition coefficient (Wildman–Crippen LogP) is 8.03. The van der Waals surface area contributed by atoms with Gasteiger partial charge < -0.3 is 9.64 Å². The Kier molecular flexibility index (Phi) is 7.35. The van der Waals surface area contributed by atoms with E-state index < -0.39 is 0 Å². The van der Waals surface area contributed by atoms with Crippen LogP contribution in [0.5, 0.6) is 5.88 Å². The van der Waals surface area contributed by atoms with Gasteiger partial charge in [-0.3, -0.25) is 0 Å². The van der Waals surface area contributed by atoms with Crippen LogP contribution in [0.2, 0.25) is 0 Å². The molecule has 0 radical (unpaired) electrons. The largest absolute Gasteiger partial charge is 0.481 e. The summed E-state index contributed by atoms with van der Waals surface area (Å²) in [7, 11) is 6.02. The summed E-state index contributed by atoms with van der Waals surface area (Å²) in [4.78, 5) is 7.23. The molecule has 0 aliphatic rings. The van der Waals surface area contributed by atoms with Gasteiger partial charge in [0.05, 0.1) is 12.6 Å². The topological polar surface area (TPSA) is 25.4 Å². The van der Waals surface area contributed by atoms with Gasteiger partial charge in [0.1, 0.15) is 0 Å². The van der Waals surface area contributed by atoms with E-state index in [1.165, 1.54) is 21.9 Å². The lowest BCUT2D eigenvalue weighted by Gasteiger charge is -2.31. The van der Waals surface area contributed by atoms with E-state index in [0.29, 0.717) is 5.88 Å². The molecule has 2 atom stereocenters. The molecule has 4 aromatic carbocycles. The minimum Gasteiger partial charge on any atom is -0.481 e. The van der Waals surface area contributed by atoms with Crippen molar-refractivity contribution in [3.63, 3.8) is 0 Å². The zero-order chi connectivity index (χ0) is 25.1. The summed E-state index contributed by atoms with van der Waals surface area (Å²) < 4.78 is 7.00. The van der Waals surface area contributed by atoms with Crippen LogP contribution in [0.1, 0.15) is 34.9 Å².